The van der Waals surface area contributed by atoms with Crippen LogP contribution in [0.3, 0.4) is 0 Å². The van der Waals surface area contributed by atoms with E-state index in [1.807, 2.05) is 6.92 Å². The molecule has 128 valence electrons. The van der Waals surface area contributed by atoms with Crippen LogP contribution in [0.1, 0.15) is 44.6 Å². The number of nitrogens with one attached hydrogen (secondary N) is 1. The van der Waals surface area contributed by atoms with E-state index in [1.165, 1.54) is 0 Å². The summed E-state index contributed by atoms with van der Waals surface area (Å²) in [5.41, 5.74) is 1.07. The first-order valence-electron chi connectivity index (χ1n) is 9.06. The van der Waals surface area contributed by atoms with E-state index in [0.717, 1.165) is 63.4 Å². The second-order valence-electron chi connectivity index (χ2n) is 7.66. The molecule has 2 aliphatic heterocycles. The van der Waals surface area contributed by atoms with E-state index in [9.17, 15) is 4.79 Å². The standard InChI is InChI=1S/C18H30N4O/c1-13(2)10-21-8-6-15(7-9-21)18(23)20-16-4-5-17-19-14(3)11-22(17)12-16/h11,13,15-16H,4-10,12H2,1-3H3,(H,20,23)/t16-/m0/s1. The zero-order chi connectivity index (χ0) is 16.4. The van der Waals surface area contributed by atoms with Crippen molar-refractivity contribution in [2.24, 2.45) is 11.8 Å². The fourth-order valence-electron chi connectivity index (χ4n) is 3.92. The molecule has 0 unspecified atom stereocenters. The third-order valence-electron chi connectivity index (χ3n) is 5.04. The zero-order valence-corrected chi connectivity index (χ0v) is 14.7. The van der Waals surface area contributed by atoms with Gasteiger partial charge in [0.15, 0.2) is 0 Å². The quantitative estimate of drug-likeness (QED) is 0.924. The molecule has 3 rings (SSSR count). The molecule has 1 atom stereocenters. The summed E-state index contributed by atoms with van der Waals surface area (Å²) >= 11 is 0. The van der Waals surface area contributed by atoms with E-state index >= 15 is 0 Å². The minimum Gasteiger partial charge on any atom is -0.351 e. The Morgan fingerprint density at radius 3 is 2.78 bits per heavy atom. The number of carbonyl (C=O) groups excluding carboxylic acids is 1. The summed E-state index contributed by atoms with van der Waals surface area (Å²) < 4.78 is 2.20. The van der Waals surface area contributed by atoms with Gasteiger partial charge in [-0.25, -0.2) is 4.98 Å². The van der Waals surface area contributed by atoms with Crippen molar-refractivity contribution in [2.75, 3.05) is 19.6 Å². The molecule has 0 aliphatic carbocycles. The predicted octanol–water partition coefficient (Wildman–Crippen LogP) is 1.99. The molecule has 5 nitrogen and oxygen atoms in total. The third-order valence-corrected chi connectivity index (χ3v) is 5.04. The number of piperidine rings is 1. The van der Waals surface area contributed by atoms with Crippen molar-refractivity contribution in [2.45, 2.75) is 59.0 Å². The van der Waals surface area contributed by atoms with Crippen molar-refractivity contribution in [3.63, 3.8) is 0 Å². The largest absolute Gasteiger partial charge is 0.351 e. The van der Waals surface area contributed by atoms with Gasteiger partial charge in [0, 0.05) is 37.7 Å². The van der Waals surface area contributed by atoms with Crippen LogP contribution in [0.25, 0.3) is 0 Å². The molecule has 0 bridgehead atoms. The lowest BCUT2D eigenvalue weighted by molar-refractivity contribution is -0.127. The maximum Gasteiger partial charge on any atom is 0.223 e. The maximum atomic E-state index is 12.6. The lowest BCUT2D eigenvalue weighted by Crippen LogP contribution is -2.46. The number of fused-ring (bicyclic) bond motifs is 1. The topological polar surface area (TPSA) is 50.2 Å². The molecule has 2 aliphatic rings. The fraction of sp³-hybridized carbons (Fsp3) is 0.778. The summed E-state index contributed by atoms with van der Waals surface area (Å²) in [4.78, 5) is 19.6. The Kier molecular flexibility index (Phi) is 5.05. The highest BCUT2D eigenvalue weighted by Crippen LogP contribution is 2.20. The molecule has 1 aromatic rings. The third kappa shape index (κ3) is 4.14. The van der Waals surface area contributed by atoms with Gasteiger partial charge in [-0.2, -0.15) is 0 Å². The van der Waals surface area contributed by atoms with E-state index in [2.05, 4.69) is 39.8 Å². The number of aromatic nitrogens is 2. The molecule has 3 heterocycles. The second kappa shape index (κ2) is 7.04. The molecule has 1 fully saturated rings. The monoisotopic (exact) mass is 318 g/mol. The van der Waals surface area contributed by atoms with Crippen LogP contribution < -0.4 is 5.32 Å². The van der Waals surface area contributed by atoms with E-state index in [0.29, 0.717) is 5.92 Å². The Balaban J connectivity index is 1.47. The molecule has 0 saturated carbocycles. The molecule has 0 aromatic carbocycles. The number of aryl methyl sites for hydroxylation is 2. The van der Waals surface area contributed by atoms with E-state index < -0.39 is 0 Å². The van der Waals surface area contributed by atoms with Crippen molar-refractivity contribution >= 4 is 5.91 Å². The van der Waals surface area contributed by atoms with Crippen molar-refractivity contribution in [1.29, 1.82) is 0 Å². The van der Waals surface area contributed by atoms with Gasteiger partial charge in [-0.3, -0.25) is 4.79 Å². The number of hydrogen-bond donors (Lipinski definition) is 1. The number of likely N-dealkylation sites (tertiary alicyclic amines) is 1. The second-order valence-corrected chi connectivity index (χ2v) is 7.66. The molecule has 23 heavy (non-hydrogen) atoms. The first-order chi connectivity index (χ1) is 11.0. The minimum absolute atomic E-state index is 0.198. The van der Waals surface area contributed by atoms with Gasteiger partial charge in [0.05, 0.1) is 5.69 Å². The minimum atomic E-state index is 0.198. The van der Waals surface area contributed by atoms with Crippen LogP contribution in [-0.4, -0.2) is 46.0 Å². The molecule has 0 radical (unpaired) electrons. The van der Waals surface area contributed by atoms with E-state index in [4.69, 9.17) is 0 Å². The smallest absolute Gasteiger partial charge is 0.223 e. The van der Waals surface area contributed by atoms with Gasteiger partial charge in [0.2, 0.25) is 5.91 Å². The van der Waals surface area contributed by atoms with Gasteiger partial charge >= 0.3 is 0 Å². The molecular weight excluding hydrogens is 288 g/mol. The van der Waals surface area contributed by atoms with Crippen LogP contribution in [0.5, 0.6) is 0 Å². The van der Waals surface area contributed by atoms with Gasteiger partial charge in [0.25, 0.3) is 0 Å². The van der Waals surface area contributed by atoms with Crippen LogP contribution >= 0.6 is 0 Å². The van der Waals surface area contributed by atoms with Crippen molar-refractivity contribution < 1.29 is 4.79 Å². The van der Waals surface area contributed by atoms with E-state index in [-0.39, 0.29) is 17.9 Å². The number of imidazole rings is 1. The normalized spacial score (nSPS) is 23.0. The summed E-state index contributed by atoms with van der Waals surface area (Å²) in [6.45, 7) is 10.7. The van der Waals surface area contributed by atoms with Crippen molar-refractivity contribution in [3.8, 4) is 0 Å². The van der Waals surface area contributed by atoms with Crippen LogP contribution in [0.2, 0.25) is 0 Å². The SMILES string of the molecule is Cc1cn2c(n1)CC[C@H](NC(=O)C1CCN(CC(C)C)CC1)C2. The molecular formula is C18H30N4O. The first kappa shape index (κ1) is 16.5. The summed E-state index contributed by atoms with van der Waals surface area (Å²) in [5, 5.41) is 3.29. The highest BCUT2D eigenvalue weighted by atomic mass is 16.2. The first-order valence-corrected chi connectivity index (χ1v) is 9.06. The average Bonchev–Trinajstić information content (AvgIpc) is 2.86. The lowest BCUT2D eigenvalue weighted by Gasteiger charge is -2.33. The Bertz CT molecular complexity index is 543. The van der Waals surface area contributed by atoms with E-state index in [1.54, 1.807) is 0 Å². The molecule has 1 N–H and O–H groups in total. The van der Waals surface area contributed by atoms with Gasteiger partial charge in [-0.15, -0.1) is 0 Å². The maximum absolute atomic E-state index is 12.6. The highest BCUT2D eigenvalue weighted by molar-refractivity contribution is 5.79. The zero-order valence-electron chi connectivity index (χ0n) is 14.7. The molecule has 1 aromatic heterocycles. The molecule has 1 saturated heterocycles. The van der Waals surface area contributed by atoms with Crippen LogP contribution in [0, 0.1) is 18.8 Å². The van der Waals surface area contributed by atoms with Gasteiger partial charge in [-0.1, -0.05) is 13.8 Å². The summed E-state index contributed by atoms with van der Waals surface area (Å²) in [6.07, 6.45) is 6.07. The number of hydrogen-bond acceptors (Lipinski definition) is 3. The molecule has 0 spiro atoms. The Hall–Kier alpha value is -1.36. The number of rotatable bonds is 4. The average molecular weight is 318 g/mol. The van der Waals surface area contributed by atoms with Crippen LogP contribution in [0.4, 0.5) is 0 Å². The Morgan fingerprint density at radius 1 is 1.35 bits per heavy atom. The molecule has 5 heteroatoms. The summed E-state index contributed by atoms with van der Waals surface area (Å²) in [6, 6.07) is 0.261. The van der Waals surface area contributed by atoms with Gasteiger partial charge in [-0.05, 0) is 45.2 Å². The van der Waals surface area contributed by atoms with Crippen LogP contribution in [0.15, 0.2) is 6.20 Å². The number of amides is 1. The van der Waals surface area contributed by atoms with Crippen LogP contribution in [-0.2, 0) is 17.8 Å². The number of nitrogens with zero attached hydrogens (tertiary/aromatic N) is 3. The Labute approximate surface area is 139 Å². The summed E-state index contributed by atoms with van der Waals surface area (Å²) in [7, 11) is 0. The Morgan fingerprint density at radius 2 is 2.09 bits per heavy atom. The number of carbonyl (C=O) groups is 1. The highest BCUT2D eigenvalue weighted by Gasteiger charge is 2.28. The fourth-order valence-corrected chi connectivity index (χ4v) is 3.92. The van der Waals surface area contributed by atoms with Gasteiger partial charge in [0.1, 0.15) is 5.82 Å². The molecule has 1 amide bonds. The van der Waals surface area contributed by atoms with Crippen molar-refractivity contribution in [3.05, 3.63) is 17.7 Å². The predicted molar refractivity (Wildman–Crippen MR) is 91.2 cm³/mol. The summed E-state index contributed by atoms with van der Waals surface area (Å²) in [5.74, 6) is 2.33. The van der Waals surface area contributed by atoms with Gasteiger partial charge < -0.3 is 14.8 Å². The lowest BCUT2D eigenvalue weighted by atomic mass is 9.94. The van der Waals surface area contributed by atoms with Crippen molar-refractivity contribution in [1.82, 2.24) is 19.8 Å².